The van der Waals surface area contributed by atoms with Crippen molar-refractivity contribution in [3.8, 4) is 0 Å². The predicted molar refractivity (Wildman–Crippen MR) is 126 cm³/mol. The molecule has 0 unspecified atom stereocenters. The molecule has 0 fully saturated rings. The second-order valence-corrected chi connectivity index (χ2v) is 10.8. The Bertz CT molecular complexity index is 848. The summed E-state index contributed by atoms with van der Waals surface area (Å²) in [6, 6.07) is 1.70. The minimum absolute atomic E-state index is 0.0848. The maximum absolute atomic E-state index is 12.9. The molecule has 33 heavy (non-hydrogen) atoms. The van der Waals surface area contributed by atoms with Crippen LogP contribution in [0.1, 0.15) is 86.1 Å². The Morgan fingerprint density at radius 3 is 1.73 bits per heavy atom. The van der Waals surface area contributed by atoms with Crippen LogP contribution in [0.5, 0.6) is 0 Å². The number of aromatic nitrogens is 1. The van der Waals surface area contributed by atoms with E-state index in [0.29, 0.717) is 23.5 Å². The van der Waals surface area contributed by atoms with Gasteiger partial charge in [0.05, 0.1) is 6.54 Å². The SMILES string of the molecule is CCc1cc(NC(=O)OC(C)(C)C)nc(C)c1CN(C(=O)OC(C)(C)C)C(=O)OC(C)(C)C. The van der Waals surface area contributed by atoms with E-state index in [-0.39, 0.29) is 6.54 Å². The second kappa shape index (κ2) is 10.4. The fourth-order valence-electron chi connectivity index (χ4n) is 2.76. The van der Waals surface area contributed by atoms with Crippen LogP contribution >= 0.6 is 0 Å². The summed E-state index contributed by atoms with van der Waals surface area (Å²) in [7, 11) is 0. The van der Waals surface area contributed by atoms with Gasteiger partial charge in [-0.15, -0.1) is 0 Å². The smallest absolute Gasteiger partial charge is 0.420 e. The third-order valence-corrected chi connectivity index (χ3v) is 3.98. The summed E-state index contributed by atoms with van der Waals surface area (Å²) in [4.78, 5) is 43.2. The number of ether oxygens (including phenoxy) is 3. The Balaban J connectivity index is 3.29. The van der Waals surface area contributed by atoms with Crippen molar-refractivity contribution in [3.63, 3.8) is 0 Å². The zero-order valence-corrected chi connectivity index (χ0v) is 21.8. The number of anilines is 1. The molecule has 1 aromatic heterocycles. The molecule has 1 heterocycles. The van der Waals surface area contributed by atoms with Crippen LogP contribution in [0.3, 0.4) is 0 Å². The van der Waals surface area contributed by atoms with Crippen molar-refractivity contribution in [2.24, 2.45) is 0 Å². The molecule has 9 nitrogen and oxygen atoms in total. The summed E-state index contributed by atoms with van der Waals surface area (Å²) < 4.78 is 16.2. The molecule has 0 aliphatic rings. The number of aryl methyl sites for hydroxylation is 2. The van der Waals surface area contributed by atoms with E-state index in [9.17, 15) is 14.4 Å². The van der Waals surface area contributed by atoms with Crippen LogP contribution in [0, 0.1) is 6.92 Å². The Labute approximate surface area is 197 Å². The normalized spacial score (nSPS) is 12.1. The topological polar surface area (TPSA) is 107 Å². The Morgan fingerprint density at radius 2 is 1.33 bits per heavy atom. The minimum atomic E-state index is -0.811. The Morgan fingerprint density at radius 1 is 0.879 bits per heavy atom. The molecule has 1 N–H and O–H groups in total. The molecule has 0 spiro atoms. The van der Waals surface area contributed by atoms with Gasteiger partial charge in [-0.2, -0.15) is 0 Å². The molecular weight excluding hydrogens is 426 g/mol. The number of rotatable bonds is 4. The number of nitrogens with zero attached hydrogens (tertiary/aromatic N) is 2. The van der Waals surface area contributed by atoms with Crippen LogP contribution in [0.25, 0.3) is 0 Å². The molecule has 1 aromatic rings. The van der Waals surface area contributed by atoms with Gasteiger partial charge >= 0.3 is 18.3 Å². The first-order valence-corrected chi connectivity index (χ1v) is 11.0. The highest BCUT2D eigenvalue weighted by Gasteiger charge is 2.32. The lowest BCUT2D eigenvalue weighted by atomic mass is 10.0. The molecular formula is C24H39N3O6. The van der Waals surface area contributed by atoms with Crippen LogP contribution in [-0.4, -0.2) is 45.0 Å². The van der Waals surface area contributed by atoms with E-state index >= 15 is 0 Å². The maximum Gasteiger partial charge on any atom is 0.420 e. The lowest BCUT2D eigenvalue weighted by molar-refractivity contribution is -0.000346. The number of hydrogen-bond acceptors (Lipinski definition) is 7. The zero-order chi connectivity index (χ0) is 25.8. The fourth-order valence-corrected chi connectivity index (χ4v) is 2.76. The van der Waals surface area contributed by atoms with Crippen LogP contribution < -0.4 is 5.32 Å². The van der Waals surface area contributed by atoms with Crippen molar-refractivity contribution in [1.29, 1.82) is 0 Å². The summed E-state index contributed by atoms with van der Waals surface area (Å²) in [5.41, 5.74) is -0.195. The van der Waals surface area contributed by atoms with Gasteiger partial charge in [0, 0.05) is 5.69 Å². The van der Waals surface area contributed by atoms with Crippen molar-refractivity contribution < 1.29 is 28.6 Å². The van der Waals surface area contributed by atoms with E-state index in [4.69, 9.17) is 14.2 Å². The molecule has 0 atom stereocenters. The standard InChI is InChI=1S/C24H39N3O6/c1-12-16-13-18(26-19(28)31-22(3,4)5)25-15(2)17(16)14-27(20(29)32-23(6,7)8)21(30)33-24(9,10)11/h13H,12,14H2,1-11H3,(H,25,26,28). The van der Waals surface area contributed by atoms with Gasteiger partial charge in [0.2, 0.25) is 0 Å². The highest BCUT2D eigenvalue weighted by molar-refractivity contribution is 5.88. The van der Waals surface area contributed by atoms with Crippen molar-refractivity contribution in [3.05, 3.63) is 22.9 Å². The number of nitrogens with one attached hydrogen (secondary N) is 1. The summed E-state index contributed by atoms with van der Waals surface area (Å²) in [6.45, 7) is 19.2. The number of pyridine rings is 1. The summed E-state index contributed by atoms with van der Waals surface area (Å²) in [5, 5.41) is 2.63. The highest BCUT2D eigenvalue weighted by atomic mass is 16.6. The molecule has 0 bridgehead atoms. The molecule has 0 aromatic carbocycles. The Kier molecular flexibility index (Phi) is 8.88. The molecule has 0 aliphatic carbocycles. The number of amides is 3. The van der Waals surface area contributed by atoms with E-state index in [1.807, 2.05) is 6.92 Å². The second-order valence-electron chi connectivity index (χ2n) is 10.8. The van der Waals surface area contributed by atoms with Crippen LogP contribution in [0.4, 0.5) is 20.2 Å². The van der Waals surface area contributed by atoms with E-state index in [2.05, 4.69) is 10.3 Å². The molecule has 9 heteroatoms. The molecule has 0 radical (unpaired) electrons. The summed E-state index contributed by atoms with van der Waals surface area (Å²) >= 11 is 0. The average molecular weight is 466 g/mol. The molecule has 1 rings (SSSR count). The van der Waals surface area contributed by atoms with Gasteiger partial charge in [-0.1, -0.05) is 6.92 Å². The lowest BCUT2D eigenvalue weighted by Crippen LogP contribution is -2.43. The van der Waals surface area contributed by atoms with Crippen molar-refractivity contribution >= 4 is 24.1 Å². The van der Waals surface area contributed by atoms with Crippen molar-refractivity contribution in [2.75, 3.05) is 5.32 Å². The van der Waals surface area contributed by atoms with Crippen LogP contribution in [-0.2, 0) is 27.2 Å². The molecule has 186 valence electrons. The van der Waals surface area contributed by atoms with Crippen LogP contribution in [0.15, 0.2) is 6.07 Å². The van der Waals surface area contributed by atoms with Gasteiger partial charge in [-0.05, 0) is 92.9 Å². The van der Waals surface area contributed by atoms with E-state index in [0.717, 1.165) is 10.5 Å². The van der Waals surface area contributed by atoms with Crippen molar-refractivity contribution in [1.82, 2.24) is 9.88 Å². The molecule has 0 aliphatic heterocycles. The predicted octanol–water partition coefficient (Wildman–Crippen LogP) is 5.97. The van der Waals surface area contributed by atoms with Gasteiger partial charge in [0.1, 0.15) is 22.6 Å². The minimum Gasteiger partial charge on any atom is -0.444 e. The maximum atomic E-state index is 12.9. The number of carbonyl (C=O) groups is 3. The first-order chi connectivity index (χ1) is 14.8. The lowest BCUT2D eigenvalue weighted by Gasteiger charge is -2.29. The summed E-state index contributed by atoms with van der Waals surface area (Å²) in [5.74, 6) is 0.323. The Hall–Kier alpha value is -2.84. The third-order valence-electron chi connectivity index (χ3n) is 3.98. The first kappa shape index (κ1) is 28.2. The molecule has 3 amide bonds. The van der Waals surface area contributed by atoms with Gasteiger partial charge < -0.3 is 14.2 Å². The van der Waals surface area contributed by atoms with Crippen LogP contribution in [0.2, 0.25) is 0 Å². The zero-order valence-electron chi connectivity index (χ0n) is 21.8. The van der Waals surface area contributed by atoms with Gasteiger partial charge in [0.15, 0.2) is 0 Å². The van der Waals surface area contributed by atoms with Gasteiger partial charge in [-0.25, -0.2) is 24.3 Å². The largest absolute Gasteiger partial charge is 0.444 e. The highest BCUT2D eigenvalue weighted by Crippen LogP contribution is 2.23. The summed E-state index contributed by atoms with van der Waals surface area (Å²) in [6.07, 6.45) is -1.66. The number of carbonyl (C=O) groups excluding carboxylic acids is 3. The van der Waals surface area contributed by atoms with Gasteiger partial charge in [-0.3, -0.25) is 5.32 Å². The van der Waals surface area contributed by atoms with Crippen molar-refractivity contribution in [2.45, 2.75) is 106 Å². The van der Waals surface area contributed by atoms with Gasteiger partial charge in [0.25, 0.3) is 0 Å². The number of hydrogen-bond donors (Lipinski definition) is 1. The average Bonchev–Trinajstić information content (AvgIpc) is 2.55. The quantitative estimate of drug-likeness (QED) is 0.546. The van der Waals surface area contributed by atoms with E-state index in [1.54, 1.807) is 75.3 Å². The number of imide groups is 1. The fraction of sp³-hybridized carbons (Fsp3) is 0.667. The third kappa shape index (κ3) is 10.1. The monoisotopic (exact) mass is 465 g/mol. The molecule has 0 saturated carbocycles. The molecule has 0 saturated heterocycles. The van der Waals surface area contributed by atoms with E-state index < -0.39 is 35.1 Å². The first-order valence-electron chi connectivity index (χ1n) is 11.0. The van der Waals surface area contributed by atoms with E-state index in [1.165, 1.54) is 0 Å².